The van der Waals surface area contributed by atoms with Gasteiger partial charge in [-0.3, -0.25) is 4.79 Å². The molecule has 0 saturated carbocycles. The first-order chi connectivity index (χ1) is 20.4. The van der Waals surface area contributed by atoms with E-state index in [-0.39, 0.29) is 23.6 Å². The highest BCUT2D eigenvalue weighted by atomic mass is 19.1. The molecule has 10 nitrogen and oxygen atoms in total. The van der Waals surface area contributed by atoms with Crippen molar-refractivity contribution >= 4 is 11.6 Å². The molecule has 0 aliphatic carbocycles. The molecule has 0 radical (unpaired) electrons. The second-order valence-electron chi connectivity index (χ2n) is 11.1. The number of aromatic nitrogens is 2. The number of likely N-dealkylation sites (N-methyl/N-ethyl adjacent to an activating group) is 1. The van der Waals surface area contributed by atoms with E-state index in [1.54, 1.807) is 6.20 Å². The maximum absolute atomic E-state index is 13.6. The predicted octanol–water partition coefficient (Wildman–Crippen LogP) is 3.41. The van der Waals surface area contributed by atoms with Gasteiger partial charge in [0.1, 0.15) is 29.3 Å². The van der Waals surface area contributed by atoms with Gasteiger partial charge in [0.25, 0.3) is 5.91 Å². The fraction of sp³-hybridized carbons (Fsp3) is 0.419. The summed E-state index contributed by atoms with van der Waals surface area (Å²) in [6, 6.07) is 13.5. The van der Waals surface area contributed by atoms with Crippen LogP contribution in [0.3, 0.4) is 0 Å². The molecule has 218 valence electrons. The summed E-state index contributed by atoms with van der Waals surface area (Å²) >= 11 is 0. The van der Waals surface area contributed by atoms with Crippen LogP contribution >= 0.6 is 0 Å². The van der Waals surface area contributed by atoms with Crippen molar-refractivity contribution in [3.05, 3.63) is 65.7 Å². The molecule has 1 spiro atoms. The zero-order chi connectivity index (χ0) is 29.3. The Morgan fingerprint density at radius 3 is 2.90 bits per heavy atom. The summed E-state index contributed by atoms with van der Waals surface area (Å²) in [6.45, 7) is 5.57. The maximum Gasteiger partial charge on any atom is 0.272 e. The monoisotopic (exact) mass is 572 g/mol. The Morgan fingerprint density at radius 2 is 2.14 bits per heavy atom. The number of nitriles is 1. The lowest BCUT2D eigenvalue weighted by Crippen LogP contribution is -2.62. The van der Waals surface area contributed by atoms with E-state index in [1.807, 2.05) is 44.3 Å². The Bertz CT molecular complexity index is 1520. The molecule has 42 heavy (non-hydrogen) atoms. The Morgan fingerprint density at radius 1 is 1.29 bits per heavy atom. The highest BCUT2D eigenvalue weighted by molar-refractivity contribution is 5.99. The normalized spacial score (nSPS) is 21.1. The van der Waals surface area contributed by atoms with E-state index in [4.69, 9.17) is 19.2 Å². The molecule has 1 aromatic carbocycles. The minimum atomic E-state index is -0.482. The molecule has 3 aliphatic rings. The predicted molar refractivity (Wildman–Crippen MR) is 153 cm³/mol. The molecule has 3 fully saturated rings. The molecule has 3 saturated heterocycles. The molecule has 3 aliphatic heterocycles. The van der Waals surface area contributed by atoms with Crippen molar-refractivity contribution in [3.63, 3.8) is 0 Å². The van der Waals surface area contributed by atoms with Crippen LogP contribution in [0.1, 0.15) is 35.8 Å². The molecule has 2 atom stereocenters. The molecule has 11 heteroatoms. The lowest BCUT2D eigenvalue weighted by atomic mass is 9.89. The number of ether oxygens (including phenoxy) is 3. The first-order valence-electron chi connectivity index (χ1n) is 14.2. The van der Waals surface area contributed by atoms with E-state index in [2.05, 4.69) is 20.1 Å². The van der Waals surface area contributed by atoms with Crippen molar-refractivity contribution in [2.75, 3.05) is 51.3 Å². The third-order valence-electron chi connectivity index (χ3n) is 7.97. The maximum atomic E-state index is 13.6. The molecular formula is C31H33FN6O4. The molecule has 1 N–H and O–H groups in total. The van der Waals surface area contributed by atoms with Crippen LogP contribution < -0.4 is 19.7 Å². The average Bonchev–Trinajstić information content (AvgIpc) is 3.59. The summed E-state index contributed by atoms with van der Waals surface area (Å²) in [5, 5.41) is 12.5. The lowest BCUT2D eigenvalue weighted by molar-refractivity contribution is -0.0196. The van der Waals surface area contributed by atoms with Crippen LogP contribution in [-0.4, -0.2) is 85.0 Å². The molecule has 1 amide bonds. The first kappa shape index (κ1) is 27.9. The van der Waals surface area contributed by atoms with Gasteiger partial charge < -0.3 is 29.3 Å². The van der Waals surface area contributed by atoms with Crippen LogP contribution in [0.15, 0.2) is 48.7 Å². The largest absolute Gasteiger partial charge is 0.487 e. The molecule has 6 rings (SSSR count). The molecule has 1 unspecified atom stereocenters. The Balaban J connectivity index is 1.21. The smallest absolute Gasteiger partial charge is 0.272 e. The van der Waals surface area contributed by atoms with Gasteiger partial charge in [0.15, 0.2) is 5.69 Å². The fourth-order valence-electron chi connectivity index (χ4n) is 5.96. The van der Waals surface area contributed by atoms with Gasteiger partial charge in [0.2, 0.25) is 5.88 Å². The number of benzene rings is 1. The van der Waals surface area contributed by atoms with Crippen molar-refractivity contribution in [2.45, 2.75) is 37.5 Å². The van der Waals surface area contributed by atoms with E-state index >= 15 is 0 Å². The van der Waals surface area contributed by atoms with Gasteiger partial charge in [-0.2, -0.15) is 5.26 Å². The third kappa shape index (κ3) is 5.60. The standard InChI is InChI=1S/C31H33FN6O4/c1-3-40-30-24(5-4-11-34-30)25-7-8-26(28(36-25)29(39)35-22-10-12-37(2)16-22)38-18-31(19-38)14-23(17-41-31)42-27-9-6-21(32)13-20(27)15-33/h4-9,11,13,22-23H,3,10,12,14,16-19H2,1-2H3,(H,35,39)/t22-,23?/m1/s1. The van der Waals surface area contributed by atoms with Gasteiger partial charge in [0.05, 0.1) is 35.7 Å². The topological polar surface area (TPSA) is 113 Å². The molecule has 0 bridgehead atoms. The highest BCUT2D eigenvalue weighted by Gasteiger charge is 2.51. The van der Waals surface area contributed by atoms with Crippen molar-refractivity contribution in [2.24, 2.45) is 0 Å². The number of pyridine rings is 2. The van der Waals surface area contributed by atoms with Gasteiger partial charge in [-0.15, -0.1) is 0 Å². The minimum absolute atomic E-state index is 0.0572. The van der Waals surface area contributed by atoms with Gasteiger partial charge in [0, 0.05) is 38.3 Å². The van der Waals surface area contributed by atoms with Gasteiger partial charge in [-0.05, 0) is 69.4 Å². The number of halogens is 1. The van der Waals surface area contributed by atoms with Crippen LogP contribution in [0, 0.1) is 17.1 Å². The number of carbonyl (C=O) groups is 1. The Kier molecular flexibility index (Phi) is 7.66. The van der Waals surface area contributed by atoms with Gasteiger partial charge in [-0.25, -0.2) is 14.4 Å². The van der Waals surface area contributed by atoms with E-state index in [0.717, 1.165) is 30.8 Å². The number of amides is 1. The Hall–Kier alpha value is -4.27. The summed E-state index contributed by atoms with van der Waals surface area (Å²) in [5.41, 5.74) is 2.12. The van der Waals surface area contributed by atoms with E-state index < -0.39 is 11.4 Å². The van der Waals surface area contributed by atoms with Crippen molar-refractivity contribution in [1.82, 2.24) is 20.2 Å². The number of likely N-dealkylation sites (tertiary alicyclic amines) is 1. The average molecular weight is 573 g/mol. The van der Waals surface area contributed by atoms with Crippen LogP contribution in [0.25, 0.3) is 11.3 Å². The zero-order valence-electron chi connectivity index (χ0n) is 23.7. The van der Waals surface area contributed by atoms with E-state index in [9.17, 15) is 14.4 Å². The quantitative estimate of drug-likeness (QED) is 0.434. The third-order valence-corrected chi connectivity index (χ3v) is 7.97. The molecule has 2 aromatic heterocycles. The Labute approximate surface area is 244 Å². The van der Waals surface area contributed by atoms with Crippen LogP contribution in [0.5, 0.6) is 11.6 Å². The summed E-state index contributed by atoms with van der Waals surface area (Å²) < 4.78 is 31.5. The van der Waals surface area contributed by atoms with Gasteiger partial charge >= 0.3 is 0 Å². The van der Waals surface area contributed by atoms with E-state index in [0.29, 0.717) is 55.7 Å². The summed E-state index contributed by atoms with van der Waals surface area (Å²) in [7, 11) is 2.05. The number of hydrogen-bond acceptors (Lipinski definition) is 9. The lowest BCUT2D eigenvalue weighted by Gasteiger charge is -2.48. The second-order valence-corrected chi connectivity index (χ2v) is 11.1. The molecular weight excluding hydrogens is 539 g/mol. The second kappa shape index (κ2) is 11.5. The number of carbonyl (C=O) groups excluding carboxylic acids is 1. The molecule has 5 heterocycles. The van der Waals surface area contributed by atoms with Gasteiger partial charge in [-0.1, -0.05) is 0 Å². The van der Waals surface area contributed by atoms with Crippen LogP contribution in [0.4, 0.5) is 10.1 Å². The summed E-state index contributed by atoms with van der Waals surface area (Å²) in [6.07, 6.45) is 2.90. The summed E-state index contributed by atoms with van der Waals surface area (Å²) in [5.74, 6) is 0.116. The molecule has 3 aromatic rings. The van der Waals surface area contributed by atoms with Crippen molar-refractivity contribution in [3.8, 4) is 29.0 Å². The SMILES string of the molecule is CCOc1ncccc1-c1ccc(N2CC3(CC(Oc4ccc(F)cc4C#N)CO3)C2)c(C(=O)N[C@@H]2CCN(C)C2)n1. The zero-order valence-corrected chi connectivity index (χ0v) is 23.7. The minimum Gasteiger partial charge on any atom is -0.487 e. The highest BCUT2D eigenvalue weighted by Crippen LogP contribution is 2.41. The van der Waals surface area contributed by atoms with E-state index in [1.165, 1.54) is 18.2 Å². The fourth-order valence-corrected chi connectivity index (χ4v) is 5.96. The number of rotatable bonds is 8. The number of nitrogens with zero attached hydrogens (tertiary/aromatic N) is 5. The van der Waals surface area contributed by atoms with Crippen LogP contribution in [0.2, 0.25) is 0 Å². The van der Waals surface area contributed by atoms with Crippen molar-refractivity contribution in [1.29, 1.82) is 5.26 Å². The first-order valence-corrected chi connectivity index (χ1v) is 14.2. The van der Waals surface area contributed by atoms with Crippen LogP contribution in [-0.2, 0) is 4.74 Å². The number of anilines is 1. The number of nitrogens with one attached hydrogen (secondary N) is 1. The number of hydrogen-bond donors (Lipinski definition) is 1. The van der Waals surface area contributed by atoms with Crippen molar-refractivity contribution < 1.29 is 23.4 Å². The summed E-state index contributed by atoms with van der Waals surface area (Å²) in [4.78, 5) is 27.1.